The predicted octanol–water partition coefficient (Wildman–Crippen LogP) is 5.79. The summed E-state index contributed by atoms with van der Waals surface area (Å²) >= 11 is 7.88. The van der Waals surface area contributed by atoms with Gasteiger partial charge in [0.2, 0.25) is 5.91 Å². The highest BCUT2D eigenvalue weighted by molar-refractivity contribution is 7.11. The molecule has 0 aliphatic heterocycles. The average Bonchev–Trinajstić information content (AvgIpc) is 3.34. The van der Waals surface area contributed by atoms with Crippen LogP contribution in [0.2, 0.25) is 5.02 Å². The van der Waals surface area contributed by atoms with E-state index in [9.17, 15) is 9.59 Å². The van der Waals surface area contributed by atoms with Crippen molar-refractivity contribution in [2.45, 2.75) is 26.8 Å². The summed E-state index contributed by atoms with van der Waals surface area (Å²) in [6, 6.07) is 14.7. The molecule has 0 spiro atoms. The molecule has 0 radical (unpaired) electrons. The quantitative estimate of drug-likeness (QED) is 0.280. The number of benzene rings is 2. The van der Waals surface area contributed by atoms with E-state index in [4.69, 9.17) is 25.8 Å². The molecule has 3 rings (SSSR count). The molecule has 39 heavy (non-hydrogen) atoms. The Morgan fingerprint density at radius 1 is 0.923 bits per heavy atom. The molecule has 0 saturated carbocycles. The van der Waals surface area contributed by atoms with Crippen LogP contribution in [0.5, 0.6) is 11.5 Å². The van der Waals surface area contributed by atoms with Gasteiger partial charge in [-0.15, -0.1) is 11.3 Å². The molecule has 0 unspecified atom stereocenters. The van der Waals surface area contributed by atoms with E-state index in [-0.39, 0.29) is 19.0 Å². The third-order valence-corrected chi connectivity index (χ3v) is 7.61. The number of anilines is 1. The molecule has 0 saturated heterocycles. The minimum Gasteiger partial charge on any atom is -0.493 e. The summed E-state index contributed by atoms with van der Waals surface area (Å²) in [6.45, 7) is 5.32. The molecule has 3 amide bonds. The molecule has 210 valence electrons. The van der Waals surface area contributed by atoms with Crippen LogP contribution in [-0.4, -0.2) is 69.3 Å². The maximum atomic E-state index is 13.6. The molecular formula is C29H36ClN3O5S. The molecule has 1 aromatic heterocycles. The fourth-order valence-electron chi connectivity index (χ4n) is 3.94. The van der Waals surface area contributed by atoms with Crippen molar-refractivity contribution < 1.29 is 23.8 Å². The van der Waals surface area contributed by atoms with E-state index >= 15 is 0 Å². The van der Waals surface area contributed by atoms with Gasteiger partial charge >= 0.3 is 6.03 Å². The Balaban J connectivity index is 1.76. The number of nitrogens with one attached hydrogen (secondary N) is 1. The first kappa shape index (κ1) is 30.3. The number of hydrogen-bond donors (Lipinski definition) is 1. The van der Waals surface area contributed by atoms with Gasteiger partial charge in [-0.2, -0.15) is 0 Å². The lowest BCUT2D eigenvalue weighted by Crippen LogP contribution is -2.46. The average molecular weight is 574 g/mol. The lowest BCUT2D eigenvalue weighted by molar-refractivity contribution is -0.132. The number of aryl methyl sites for hydroxylation is 2. The van der Waals surface area contributed by atoms with Gasteiger partial charge in [0.15, 0.2) is 11.5 Å². The van der Waals surface area contributed by atoms with Crippen LogP contribution in [0.1, 0.15) is 20.9 Å². The van der Waals surface area contributed by atoms with Crippen molar-refractivity contribution >= 4 is 40.6 Å². The van der Waals surface area contributed by atoms with Gasteiger partial charge in [-0.1, -0.05) is 23.7 Å². The standard InChI is InChI=1S/C29H36ClN3O5S/c1-20-6-9-23(17-25(20)30)31-29(35)33(14-15-36-3)19-28(34)32(18-24-10-7-21(2)39-24)13-12-22-8-11-26(37-4)27(16-22)38-5/h6-11,16-17H,12-15,18-19H2,1-5H3,(H,31,35). The molecule has 1 heterocycles. The first-order valence-corrected chi connectivity index (χ1v) is 13.8. The number of urea groups is 1. The molecule has 2 aromatic carbocycles. The Labute approximate surface area is 239 Å². The van der Waals surface area contributed by atoms with Gasteiger partial charge < -0.3 is 29.3 Å². The van der Waals surface area contributed by atoms with Crippen LogP contribution in [0.3, 0.4) is 0 Å². The Morgan fingerprint density at radius 2 is 1.69 bits per heavy atom. The van der Waals surface area contributed by atoms with E-state index in [0.29, 0.717) is 48.3 Å². The number of ether oxygens (including phenoxy) is 3. The van der Waals surface area contributed by atoms with Crippen molar-refractivity contribution in [1.82, 2.24) is 9.80 Å². The highest BCUT2D eigenvalue weighted by Gasteiger charge is 2.22. The van der Waals surface area contributed by atoms with Crippen molar-refractivity contribution in [3.63, 3.8) is 0 Å². The number of carbonyl (C=O) groups excluding carboxylic acids is 2. The summed E-state index contributed by atoms with van der Waals surface area (Å²) in [4.78, 5) is 32.3. The summed E-state index contributed by atoms with van der Waals surface area (Å²) in [5, 5.41) is 3.41. The van der Waals surface area contributed by atoms with Crippen LogP contribution >= 0.6 is 22.9 Å². The van der Waals surface area contributed by atoms with Crippen LogP contribution in [0.25, 0.3) is 0 Å². The molecule has 0 atom stereocenters. The van der Waals surface area contributed by atoms with Crippen molar-refractivity contribution in [2.24, 2.45) is 0 Å². The largest absolute Gasteiger partial charge is 0.493 e. The van der Waals surface area contributed by atoms with Crippen LogP contribution in [0.15, 0.2) is 48.5 Å². The summed E-state index contributed by atoms with van der Waals surface area (Å²) in [5.74, 6) is 1.13. The van der Waals surface area contributed by atoms with Gasteiger partial charge in [0, 0.05) is 40.7 Å². The van der Waals surface area contributed by atoms with Gasteiger partial charge in [0.25, 0.3) is 0 Å². The highest BCUT2D eigenvalue weighted by Crippen LogP contribution is 2.28. The molecule has 0 aliphatic carbocycles. The fourth-order valence-corrected chi connectivity index (χ4v) is 5.03. The third-order valence-electron chi connectivity index (χ3n) is 6.22. The minimum absolute atomic E-state index is 0.0922. The van der Waals surface area contributed by atoms with E-state index in [0.717, 1.165) is 16.0 Å². The molecule has 8 nitrogen and oxygen atoms in total. The number of rotatable bonds is 13. The Kier molecular flexibility index (Phi) is 11.5. The normalized spacial score (nSPS) is 10.7. The highest BCUT2D eigenvalue weighted by atomic mass is 35.5. The number of carbonyl (C=O) groups is 2. The molecule has 10 heteroatoms. The van der Waals surface area contributed by atoms with Crippen LogP contribution < -0.4 is 14.8 Å². The van der Waals surface area contributed by atoms with Gasteiger partial charge in [-0.05, 0) is 67.8 Å². The van der Waals surface area contributed by atoms with E-state index in [2.05, 4.69) is 5.32 Å². The Hall–Kier alpha value is -3.27. The summed E-state index contributed by atoms with van der Waals surface area (Å²) in [7, 11) is 4.76. The van der Waals surface area contributed by atoms with Crippen LogP contribution in [0.4, 0.5) is 10.5 Å². The van der Waals surface area contributed by atoms with Crippen molar-refractivity contribution in [1.29, 1.82) is 0 Å². The second kappa shape index (κ2) is 14.8. The van der Waals surface area contributed by atoms with Crippen molar-refractivity contribution in [3.8, 4) is 11.5 Å². The molecule has 3 aromatic rings. The fraction of sp³-hybridized carbons (Fsp3) is 0.379. The molecular weight excluding hydrogens is 538 g/mol. The number of methoxy groups -OCH3 is 3. The van der Waals surface area contributed by atoms with E-state index < -0.39 is 6.03 Å². The van der Waals surface area contributed by atoms with Crippen LogP contribution in [-0.2, 0) is 22.5 Å². The zero-order valence-electron chi connectivity index (χ0n) is 23.1. The maximum Gasteiger partial charge on any atom is 0.322 e. The minimum atomic E-state index is -0.396. The predicted molar refractivity (Wildman–Crippen MR) is 156 cm³/mol. The Morgan fingerprint density at radius 3 is 2.33 bits per heavy atom. The zero-order chi connectivity index (χ0) is 28.4. The molecule has 0 aliphatic rings. The van der Waals surface area contributed by atoms with Crippen molar-refractivity contribution in [3.05, 3.63) is 74.4 Å². The van der Waals surface area contributed by atoms with E-state index in [1.165, 1.54) is 9.78 Å². The topological polar surface area (TPSA) is 80.3 Å². The SMILES string of the molecule is COCCN(CC(=O)N(CCc1ccc(OC)c(OC)c1)Cc1ccc(C)s1)C(=O)Nc1ccc(C)c(Cl)c1. The number of halogens is 1. The number of hydrogen-bond acceptors (Lipinski definition) is 6. The number of nitrogens with zero attached hydrogens (tertiary/aromatic N) is 2. The Bertz CT molecular complexity index is 1270. The zero-order valence-corrected chi connectivity index (χ0v) is 24.7. The lowest BCUT2D eigenvalue weighted by Gasteiger charge is -2.28. The molecule has 0 bridgehead atoms. The van der Waals surface area contributed by atoms with E-state index in [1.54, 1.807) is 49.7 Å². The first-order chi connectivity index (χ1) is 18.7. The maximum absolute atomic E-state index is 13.6. The van der Waals surface area contributed by atoms with Gasteiger partial charge in [-0.3, -0.25) is 4.79 Å². The smallest absolute Gasteiger partial charge is 0.322 e. The van der Waals surface area contributed by atoms with Crippen LogP contribution in [0, 0.1) is 13.8 Å². The summed E-state index contributed by atoms with van der Waals surface area (Å²) < 4.78 is 16.0. The second-order valence-corrected chi connectivity index (χ2v) is 10.9. The van der Waals surface area contributed by atoms with Gasteiger partial charge in [0.1, 0.15) is 6.54 Å². The van der Waals surface area contributed by atoms with E-state index in [1.807, 2.05) is 50.2 Å². The third kappa shape index (κ3) is 8.88. The molecule has 0 fully saturated rings. The first-order valence-electron chi connectivity index (χ1n) is 12.6. The lowest BCUT2D eigenvalue weighted by atomic mass is 10.1. The summed E-state index contributed by atoms with van der Waals surface area (Å²) in [6.07, 6.45) is 0.614. The summed E-state index contributed by atoms with van der Waals surface area (Å²) in [5.41, 5.74) is 2.48. The van der Waals surface area contributed by atoms with Gasteiger partial charge in [0.05, 0.1) is 27.4 Å². The van der Waals surface area contributed by atoms with Crippen molar-refractivity contribution in [2.75, 3.05) is 52.9 Å². The molecule has 1 N–H and O–H groups in total. The monoisotopic (exact) mass is 573 g/mol. The number of thiophene rings is 1. The second-order valence-electron chi connectivity index (χ2n) is 9.08. The van der Waals surface area contributed by atoms with Gasteiger partial charge in [-0.25, -0.2) is 4.79 Å². The number of amides is 3.